The van der Waals surface area contributed by atoms with Gasteiger partial charge in [-0.2, -0.15) is 4.98 Å². The Labute approximate surface area is 165 Å². The Morgan fingerprint density at radius 2 is 1.96 bits per heavy atom. The first-order chi connectivity index (χ1) is 13.4. The molecule has 8 nitrogen and oxygen atoms in total. The number of benzene rings is 1. The first-order valence-corrected chi connectivity index (χ1v) is 8.91. The lowest BCUT2D eigenvalue weighted by Crippen LogP contribution is -2.45. The number of esters is 1. The minimum Gasteiger partial charge on any atom is -0.459 e. The summed E-state index contributed by atoms with van der Waals surface area (Å²) in [5.74, 6) is -0.696. The molecule has 0 saturated heterocycles. The summed E-state index contributed by atoms with van der Waals surface area (Å²) >= 11 is 5.86. The second-order valence-electron chi connectivity index (χ2n) is 6.30. The van der Waals surface area contributed by atoms with Crippen LogP contribution in [0.3, 0.4) is 0 Å². The van der Waals surface area contributed by atoms with Gasteiger partial charge in [-0.05, 0) is 42.3 Å². The molecular weight excluding hydrogens is 386 g/mol. The van der Waals surface area contributed by atoms with Crippen molar-refractivity contribution < 1.29 is 23.3 Å². The van der Waals surface area contributed by atoms with Crippen LogP contribution in [0.1, 0.15) is 30.3 Å². The maximum absolute atomic E-state index is 12.4. The standard InChI is InChI=1S/C19H18ClN3O5/c1-11(2)16(22-18(24)14-4-3-9-26-14)19(25)27-10-15-21-17(23-28-15)12-5-7-13(20)8-6-12/h3-9,11,16H,10H2,1-2H3,(H,22,24)/t16-/m0/s1. The number of aromatic nitrogens is 2. The number of carbonyl (C=O) groups excluding carboxylic acids is 2. The third-order valence-electron chi connectivity index (χ3n) is 3.86. The second-order valence-corrected chi connectivity index (χ2v) is 6.74. The lowest BCUT2D eigenvalue weighted by Gasteiger charge is -2.19. The van der Waals surface area contributed by atoms with Crippen LogP contribution >= 0.6 is 11.6 Å². The Morgan fingerprint density at radius 1 is 1.21 bits per heavy atom. The van der Waals surface area contributed by atoms with Gasteiger partial charge in [0.15, 0.2) is 12.4 Å². The zero-order valence-corrected chi connectivity index (χ0v) is 16.0. The summed E-state index contributed by atoms with van der Waals surface area (Å²) in [7, 11) is 0. The maximum atomic E-state index is 12.4. The van der Waals surface area contributed by atoms with Crippen molar-refractivity contribution >= 4 is 23.5 Å². The fraction of sp³-hybridized carbons (Fsp3) is 0.263. The fourth-order valence-electron chi connectivity index (χ4n) is 2.37. The topological polar surface area (TPSA) is 107 Å². The molecule has 2 heterocycles. The molecule has 0 aliphatic rings. The minimum absolute atomic E-state index is 0.114. The third-order valence-corrected chi connectivity index (χ3v) is 4.11. The molecule has 1 aromatic carbocycles. The van der Waals surface area contributed by atoms with Crippen molar-refractivity contribution in [3.05, 3.63) is 59.3 Å². The number of nitrogens with one attached hydrogen (secondary N) is 1. The van der Waals surface area contributed by atoms with Gasteiger partial charge < -0.3 is 19.0 Å². The van der Waals surface area contributed by atoms with E-state index in [9.17, 15) is 9.59 Å². The van der Waals surface area contributed by atoms with Gasteiger partial charge in [-0.3, -0.25) is 4.79 Å². The molecule has 146 valence electrons. The molecule has 0 aliphatic heterocycles. The van der Waals surface area contributed by atoms with E-state index in [1.165, 1.54) is 12.3 Å². The van der Waals surface area contributed by atoms with Gasteiger partial charge in [-0.15, -0.1) is 0 Å². The highest BCUT2D eigenvalue weighted by Crippen LogP contribution is 2.19. The molecule has 1 N–H and O–H groups in total. The van der Waals surface area contributed by atoms with Crippen LogP contribution in [0.15, 0.2) is 51.6 Å². The van der Waals surface area contributed by atoms with E-state index in [-0.39, 0.29) is 24.2 Å². The van der Waals surface area contributed by atoms with Crippen LogP contribution in [0.25, 0.3) is 11.4 Å². The maximum Gasteiger partial charge on any atom is 0.329 e. The molecular formula is C19H18ClN3O5. The van der Waals surface area contributed by atoms with Gasteiger partial charge in [0.1, 0.15) is 6.04 Å². The molecule has 0 fully saturated rings. The summed E-state index contributed by atoms with van der Waals surface area (Å²) in [6, 6.07) is 9.17. The molecule has 0 bridgehead atoms. The predicted octanol–water partition coefficient (Wildman–Crippen LogP) is 3.48. The van der Waals surface area contributed by atoms with Gasteiger partial charge in [0, 0.05) is 10.6 Å². The summed E-state index contributed by atoms with van der Waals surface area (Å²) in [4.78, 5) is 28.7. The van der Waals surface area contributed by atoms with E-state index in [2.05, 4.69) is 15.5 Å². The van der Waals surface area contributed by atoms with Crippen LogP contribution in [-0.4, -0.2) is 28.1 Å². The molecule has 0 aliphatic carbocycles. The Kier molecular flexibility index (Phi) is 6.10. The average Bonchev–Trinajstić information content (AvgIpc) is 3.36. The normalized spacial score (nSPS) is 12.0. The van der Waals surface area contributed by atoms with Crippen molar-refractivity contribution in [2.45, 2.75) is 26.5 Å². The number of hydrogen-bond acceptors (Lipinski definition) is 7. The van der Waals surface area contributed by atoms with Gasteiger partial charge in [0.25, 0.3) is 11.8 Å². The largest absolute Gasteiger partial charge is 0.459 e. The van der Waals surface area contributed by atoms with E-state index in [1.807, 2.05) is 0 Å². The van der Waals surface area contributed by atoms with Crippen molar-refractivity contribution in [1.29, 1.82) is 0 Å². The molecule has 1 amide bonds. The monoisotopic (exact) mass is 403 g/mol. The van der Waals surface area contributed by atoms with Crippen LogP contribution < -0.4 is 5.32 Å². The summed E-state index contributed by atoms with van der Waals surface area (Å²) in [5, 5.41) is 7.05. The van der Waals surface area contributed by atoms with Crippen LogP contribution in [0, 0.1) is 5.92 Å². The van der Waals surface area contributed by atoms with Gasteiger partial charge in [-0.1, -0.05) is 30.6 Å². The molecule has 3 rings (SSSR count). The Hall–Kier alpha value is -3.13. The first-order valence-electron chi connectivity index (χ1n) is 8.53. The minimum atomic E-state index is -0.851. The number of rotatable bonds is 7. The number of ether oxygens (including phenoxy) is 1. The van der Waals surface area contributed by atoms with Crippen molar-refractivity contribution in [2.24, 2.45) is 5.92 Å². The number of hydrogen-bond donors (Lipinski definition) is 1. The number of halogens is 1. The van der Waals surface area contributed by atoms with E-state index in [0.717, 1.165) is 5.56 Å². The van der Waals surface area contributed by atoms with Crippen LogP contribution in [0.5, 0.6) is 0 Å². The average molecular weight is 404 g/mol. The van der Waals surface area contributed by atoms with E-state index in [4.69, 9.17) is 25.3 Å². The summed E-state index contributed by atoms with van der Waals surface area (Å²) in [5.41, 5.74) is 0.719. The van der Waals surface area contributed by atoms with Gasteiger partial charge in [-0.25, -0.2) is 4.79 Å². The SMILES string of the molecule is CC(C)[C@H](NC(=O)c1ccco1)C(=O)OCc1nc(-c2ccc(Cl)cc2)no1. The zero-order chi connectivity index (χ0) is 20.1. The van der Waals surface area contributed by atoms with Crippen LogP contribution in [0.4, 0.5) is 0 Å². The fourth-order valence-corrected chi connectivity index (χ4v) is 2.50. The van der Waals surface area contributed by atoms with Gasteiger partial charge in [0.05, 0.1) is 6.26 Å². The molecule has 3 aromatic rings. The number of amides is 1. The van der Waals surface area contributed by atoms with Crippen molar-refractivity contribution in [3.63, 3.8) is 0 Å². The van der Waals surface area contributed by atoms with Crippen molar-refractivity contribution in [1.82, 2.24) is 15.5 Å². The third kappa shape index (κ3) is 4.77. The Balaban J connectivity index is 1.60. The van der Waals surface area contributed by atoms with Gasteiger partial charge in [0.2, 0.25) is 5.82 Å². The number of carbonyl (C=O) groups is 2. The van der Waals surface area contributed by atoms with Gasteiger partial charge >= 0.3 is 5.97 Å². The molecule has 0 saturated carbocycles. The molecule has 1 atom stereocenters. The predicted molar refractivity (Wildman–Crippen MR) is 99.3 cm³/mol. The summed E-state index contributed by atoms with van der Waals surface area (Å²) in [6.45, 7) is 3.37. The molecule has 0 unspecified atom stereocenters. The second kappa shape index (κ2) is 8.71. The first kappa shape index (κ1) is 19.6. The zero-order valence-electron chi connectivity index (χ0n) is 15.2. The quantitative estimate of drug-likeness (QED) is 0.601. The van der Waals surface area contributed by atoms with E-state index < -0.39 is 17.9 Å². The van der Waals surface area contributed by atoms with Crippen LogP contribution in [0.2, 0.25) is 5.02 Å². The summed E-state index contributed by atoms with van der Waals surface area (Å²) in [6.07, 6.45) is 1.38. The van der Waals surface area contributed by atoms with Crippen molar-refractivity contribution in [3.8, 4) is 11.4 Å². The molecule has 2 aromatic heterocycles. The highest BCUT2D eigenvalue weighted by molar-refractivity contribution is 6.30. The highest BCUT2D eigenvalue weighted by Gasteiger charge is 2.27. The number of nitrogens with zero attached hydrogens (tertiary/aromatic N) is 2. The van der Waals surface area contributed by atoms with E-state index in [1.54, 1.807) is 44.2 Å². The molecule has 28 heavy (non-hydrogen) atoms. The number of furan rings is 1. The Morgan fingerprint density at radius 3 is 2.61 bits per heavy atom. The molecule has 0 spiro atoms. The highest BCUT2D eigenvalue weighted by atomic mass is 35.5. The Bertz CT molecular complexity index is 935. The van der Waals surface area contributed by atoms with E-state index in [0.29, 0.717) is 10.8 Å². The van der Waals surface area contributed by atoms with Crippen molar-refractivity contribution in [2.75, 3.05) is 0 Å². The summed E-state index contributed by atoms with van der Waals surface area (Å²) < 4.78 is 15.4. The van der Waals surface area contributed by atoms with Crippen LogP contribution in [-0.2, 0) is 16.1 Å². The lowest BCUT2D eigenvalue weighted by molar-refractivity contribution is -0.149. The van der Waals surface area contributed by atoms with E-state index >= 15 is 0 Å². The molecule has 0 radical (unpaired) electrons. The smallest absolute Gasteiger partial charge is 0.329 e. The molecule has 9 heteroatoms. The lowest BCUT2D eigenvalue weighted by atomic mass is 10.0.